The van der Waals surface area contributed by atoms with Gasteiger partial charge in [-0.3, -0.25) is 19.2 Å². The maximum Gasteiger partial charge on any atom is 0.321 e. The topological polar surface area (TPSA) is 146 Å². The van der Waals surface area contributed by atoms with Crippen molar-refractivity contribution in [2.24, 2.45) is 17.8 Å². The van der Waals surface area contributed by atoms with Crippen LogP contribution in [0.4, 0.5) is 0 Å². The number of hydrogen-bond donors (Lipinski definition) is 4. The minimum absolute atomic E-state index is 0.101. The van der Waals surface area contributed by atoms with Crippen LogP contribution in [-0.2, 0) is 31.9 Å². The minimum Gasteiger partial charge on any atom is -0.468 e. The molecule has 3 atom stereocenters. The predicted molar refractivity (Wildman–Crippen MR) is 206 cm³/mol. The summed E-state index contributed by atoms with van der Waals surface area (Å²) < 4.78 is 10.9. The van der Waals surface area contributed by atoms with Crippen molar-refractivity contribution in [1.29, 1.82) is 0 Å². The fourth-order valence-electron chi connectivity index (χ4n) is 8.35. The fraction of sp³-hybridized carbons (Fsp3) is 0.442. The highest BCUT2D eigenvalue weighted by atomic mass is 16.5. The van der Waals surface area contributed by atoms with E-state index in [-0.39, 0.29) is 36.6 Å². The zero-order valence-electron chi connectivity index (χ0n) is 32.2. The van der Waals surface area contributed by atoms with Crippen LogP contribution >= 0.6 is 0 Å². The normalized spacial score (nSPS) is 22.7. The van der Waals surface area contributed by atoms with Crippen molar-refractivity contribution in [2.75, 3.05) is 13.7 Å². The second-order valence-electron chi connectivity index (χ2n) is 14.6. The first-order chi connectivity index (χ1) is 25.5. The first-order valence-corrected chi connectivity index (χ1v) is 19.0. The Balaban J connectivity index is 1.55. The molecule has 3 aromatic heterocycles. The smallest absolute Gasteiger partial charge is 0.321 e. The van der Waals surface area contributed by atoms with Crippen LogP contribution in [-0.4, -0.2) is 52.7 Å². The molecule has 10 heteroatoms. The van der Waals surface area contributed by atoms with Gasteiger partial charge >= 0.3 is 11.9 Å². The van der Waals surface area contributed by atoms with E-state index in [2.05, 4.69) is 61.0 Å². The van der Waals surface area contributed by atoms with Crippen molar-refractivity contribution in [2.45, 2.75) is 93.4 Å². The molecule has 0 unspecified atom stereocenters. The first-order valence-electron chi connectivity index (χ1n) is 19.0. The van der Waals surface area contributed by atoms with Gasteiger partial charge in [0.15, 0.2) is 12.1 Å². The molecule has 0 saturated carbocycles. The van der Waals surface area contributed by atoms with E-state index >= 15 is 0 Å². The Morgan fingerprint density at radius 3 is 2.30 bits per heavy atom. The van der Waals surface area contributed by atoms with E-state index in [9.17, 15) is 19.2 Å². The van der Waals surface area contributed by atoms with Crippen LogP contribution in [0.1, 0.15) is 132 Å². The van der Waals surface area contributed by atoms with Crippen LogP contribution in [0.15, 0.2) is 23.0 Å². The summed E-state index contributed by atoms with van der Waals surface area (Å²) in [4.78, 5) is 64.1. The number of unbranched alkanes of at least 4 members (excludes halogenated alkanes) is 1. The average Bonchev–Trinajstić information content (AvgIpc) is 3.89. The van der Waals surface area contributed by atoms with Gasteiger partial charge in [0.05, 0.1) is 18.2 Å². The Morgan fingerprint density at radius 1 is 0.906 bits per heavy atom. The Labute approximate surface area is 310 Å². The molecule has 1 fully saturated rings. The Hall–Kier alpha value is -5.12. The maximum atomic E-state index is 14.3. The number of allylic oxidation sites excluding steroid dienone is 3. The van der Waals surface area contributed by atoms with Crippen molar-refractivity contribution in [3.63, 3.8) is 0 Å². The number of esters is 2. The van der Waals surface area contributed by atoms with E-state index < -0.39 is 11.9 Å². The van der Waals surface area contributed by atoms with E-state index in [1.54, 1.807) is 0 Å². The van der Waals surface area contributed by atoms with Gasteiger partial charge in [0, 0.05) is 68.8 Å². The molecule has 4 N–H and O–H groups in total. The third-order valence-corrected chi connectivity index (χ3v) is 11.4. The fourth-order valence-corrected chi connectivity index (χ4v) is 8.35. The number of Topliss-reactive ketones (excluding diaryl/α,β-unsaturated/α-hetero) is 1. The number of ketones is 1. The van der Waals surface area contributed by atoms with Crippen molar-refractivity contribution in [3.8, 4) is 0 Å². The van der Waals surface area contributed by atoms with Crippen LogP contribution in [0.25, 0.3) is 23.8 Å². The highest BCUT2D eigenvalue weighted by molar-refractivity contribution is 6.24. The Bertz CT molecular complexity index is 2200. The molecule has 3 aliphatic rings. The van der Waals surface area contributed by atoms with Crippen LogP contribution in [0.3, 0.4) is 0 Å². The number of hydrogen-bond acceptors (Lipinski definition) is 7. The van der Waals surface area contributed by atoms with Gasteiger partial charge in [-0.25, -0.2) is 0 Å². The van der Waals surface area contributed by atoms with Gasteiger partial charge in [-0.05, 0) is 99.4 Å². The van der Waals surface area contributed by atoms with Gasteiger partial charge < -0.3 is 29.7 Å². The van der Waals surface area contributed by atoms with Gasteiger partial charge in [0.1, 0.15) is 12.5 Å². The van der Waals surface area contributed by atoms with Gasteiger partial charge in [-0.1, -0.05) is 39.7 Å². The van der Waals surface area contributed by atoms with Gasteiger partial charge in [-0.2, -0.15) is 0 Å². The number of rotatable bonds is 12. The summed E-state index contributed by atoms with van der Waals surface area (Å²) in [6.45, 7) is 14.6. The minimum atomic E-state index is -1.17. The van der Waals surface area contributed by atoms with Crippen LogP contribution in [0, 0.1) is 31.6 Å². The van der Waals surface area contributed by atoms with Crippen LogP contribution in [0.5, 0.6) is 0 Å². The summed E-state index contributed by atoms with van der Waals surface area (Å²) in [5.41, 5.74) is 11.3. The predicted octanol–water partition coefficient (Wildman–Crippen LogP) is 6.25. The van der Waals surface area contributed by atoms with E-state index in [1.165, 1.54) is 12.7 Å². The SMILES string of the molecule is CCCC/C(C)=C/COC(=O)CC[C@@H]1/C2=C3/c4[nH]c(c(C)c4C(=O)[C@@H]3C(=O)OC)/C=c3\[nH]/c(c(C=O)c3CC)=C\c3[nH]c(c(C)c3CC)/C=C(\N2)[C@H]1C. The molecule has 2 aliphatic heterocycles. The lowest BCUT2D eigenvalue weighted by Gasteiger charge is -2.19. The molecule has 8 bridgehead atoms. The van der Waals surface area contributed by atoms with Gasteiger partial charge in [0.2, 0.25) is 0 Å². The molecule has 0 aromatic carbocycles. The number of carbonyl (C=O) groups excluding carboxylic acids is 4. The number of H-pyrrole nitrogens is 3. The summed E-state index contributed by atoms with van der Waals surface area (Å²) in [7, 11) is 1.30. The largest absolute Gasteiger partial charge is 0.468 e. The number of aromatic amines is 3. The number of carbonyl (C=O) groups is 4. The van der Waals surface area contributed by atoms with Crippen molar-refractivity contribution >= 4 is 47.8 Å². The number of ether oxygens (including phenoxy) is 2. The standard InChI is InChI=1S/C43H52N4O6/c1-9-12-13-22(4)16-17-53-36(49)15-14-28-24(6)31-18-30-23(5)26(10-2)33(44-30)20-35-29(21-48)27(11-3)34(45-35)19-32-25(7)37-41(47-32)38(40(28)46-31)39(42(37)50)43(51)52-8/h16,18-21,24,28,39,44-47H,9-15,17H2,1-8H3/b22-16+,31-18-,34-19-,35-20-,40-38-/t24-,28-,39+/m0/s1. The summed E-state index contributed by atoms with van der Waals surface area (Å²) in [6.07, 6.45) is 14.1. The summed E-state index contributed by atoms with van der Waals surface area (Å²) >= 11 is 0. The molecule has 6 rings (SSSR count). The summed E-state index contributed by atoms with van der Waals surface area (Å²) in [5.74, 6) is -2.77. The van der Waals surface area contributed by atoms with E-state index in [1.807, 2.05) is 32.1 Å². The molecule has 0 amide bonds. The van der Waals surface area contributed by atoms with Crippen molar-refractivity contribution < 1.29 is 28.7 Å². The Morgan fingerprint density at radius 2 is 1.62 bits per heavy atom. The van der Waals surface area contributed by atoms with E-state index in [0.717, 1.165) is 76.8 Å². The van der Waals surface area contributed by atoms with Crippen LogP contribution in [0.2, 0.25) is 0 Å². The zero-order valence-corrected chi connectivity index (χ0v) is 32.2. The third kappa shape index (κ3) is 6.80. The molecule has 1 aliphatic carbocycles. The van der Waals surface area contributed by atoms with E-state index in [4.69, 9.17) is 9.47 Å². The molecule has 10 nitrogen and oxygen atoms in total. The first kappa shape index (κ1) is 37.6. The van der Waals surface area contributed by atoms with Crippen LogP contribution < -0.4 is 16.0 Å². The average molecular weight is 721 g/mol. The number of fused-ring (bicyclic) bond motifs is 7. The number of aldehydes is 1. The van der Waals surface area contributed by atoms with E-state index in [0.29, 0.717) is 51.8 Å². The van der Waals surface area contributed by atoms with Gasteiger partial charge in [0.25, 0.3) is 0 Å². The lowest BCUT2D eigenvalue weighted by atomic mass is 9.85. The molecule has 280 valence electrons. The number of aromatic nitrogens is 3. The maximum absolute atomic E-state index is 14.3. The zero-order chi connectivity index (χ0) is 38.1. The molecule has 0 spiro atoms. The second kappa shape index (κ2) is 15.5. The molecular formula is C43H52N4O6. The quantitative estimate of drug-likeness (QED) is 0.0749. The summed E-state index contributed by atoms with van der Waals surface area (Å²) in [5, 5.41) is 5.14. The monoisotopic (exact) mass is 720 g/mol. The summed E-state index contributed by atoms with van der Waals surface area (Å²) in [6, 6.07) is 0. The number of methoxy groups -OCH3 is 1. The highest BCUT2D eigenvalue weighted by Crippen LogP contribution is 2.48. The molecule has 3 aromatic rings. The second-order valence-corrected chi connectivity index (χ2v) is 14.6. The number of nitrogens with one attached hydrogen (secondary N) is 4. The lowest BCUT2D eigenvalue weighted by Crippen LogP contribution is -2.25. The Kier molecular flexibility index (Phi) is 11.0. The third-order valence-electron chi connectivity index (χ3n) is 11.4. The molecule has 1 saturated heterocycles. The molecule has 5 heterocycles. The highest BCUT2D eigenvalue weighted by Gasteiger charge is 2.48. The molecule has 53 heavy (non-hydrogen) atoms. The van der Waals surface area contributed by atoms with Crippen molar-refractivity contribution in [1.82, 2.24) is 20.3 Å². The lowest BCUT2D eigenvalue weighted by molar-refractivity contribution is -0.143. The molecular weight excluding hydrogens is 668 g/mol. The molecule has 0 radical (unpaired) electrons. The van der Waals surface area contributed by atoms with Gasteiger partial charge in [-0.15, -0.1) is 0 Å². The van der Waals surface area contributed by atoms with Crippen molar-refractivity contribution in [3.05, 3.63) is 89.9 Å².